The van der Waals surface area contributed by atoms with E-state index in [1.54, 1.807) is 9.36 Å². The van der Waals surface area contributed by atoms with Crippen LogP contribution in [0, 0.1) is 12.4 Å². The van der Waals surface area contributed by atoms with Gasteiger partial charge in [0.25, 0.3) is 0 Å². The Morgan fingerprint density at radius 3 is 1.17 bits per heavy atom. The maximum absolute atomic E-state index is 5.28. The van der Waals surface area contributed by atoms with Crippen LogP contribution in [0.4, 0.5) is 0 Å². The Balaban J connectivity index is 0.00000417. The first-order chi connectivity index (χ1) is 21.3. The summed E-state index contributed by atoms with van der Waals surface area (Å²) in [7, 11) is 0. The van der Waals surface area contributed by atoms with Gasteiger partial charge in [0.15, 0.2) is 0 Å². The molecule has 0 aliphatic heterocycles. The second kappa shape index (κ2) is 12.6. The number of benzene rings is 2. The van der Waals surface area contributed by atoms with Crippen molar-refractivity contribution in [3.8, 4) is 33.9 Å². The van der Waals surface area contributed by atoms with Gasteiger partial charge in [0, 0.05) is 16.8 Å². The van der Waals surface area contributed by atoms with Crippen LogP contribution in [-0.4, -0.2) is 29.5 Å². The molecule has 0 saturated heterocycles. The Bertz CT molecular complexity index is 1800. The average Bonchev–Trinajstić information content (AvgIpc) is 3.73. The summed E-state index contributed by atoms with van der Waals surface area (Å²) in [6, 6.07) is 33.0. The Morgan fingerprint density at radius 1 is 0.478 bits per heavy atom. The summed E-state index contributed by atoms with van der Waals surface area (Å²) < 4.78 is 3.57. The van der Waals surface area contributed by atoms with E-state index >= 15 is 0 Å². The summed E-state index contributed by atoms with van der Waals surface area (Å²) in [5, 5.41) is 9.84. The molecule has 0 fully saturated rings. The first-order valence-electron chi connectivity index (χ1n) is 15.4. The van der Waals surface area contributed by atoms with Gasteiger partial charge in [-0.3, -0.25) is 20.2 Å². The number of pyridine rings is 2. The molecule has 7 heteroatoms. The van der Waals surface area contributed by atoms with Crippen molar-refractivity contribution in [2.75, 3.05) is 0 Å². The molecule has 0 bridgehead atoms. The van der Waals surface area contributed by atoms with Gasteiger partial charge in [-0.15, -0.1) is 12.1 Å². The maximum atomic E-state index is 5.28. The van der Waals surface area contributed by atoms with E-state index < -0.39 is 5.41 Å². The monoisotopic (exact) mass is 787 g/mol. The fraction of sp³-hybridized carbons (Fsp3) is 0.282. The third kappa shape index (κ3) is 6.55. The van der Waals surface area contributed by atoms with Gasteiger partial charge in [0.05, 0.1) is 11.6 Å². The molecule has 0 aliphatic rings. The van der Waals surface area contributed by atoms with E-state index in [0.29, 0.717) is 0 Å². The van der Waals surface area contributed by atoms with Crippen molar-refractivity contribution in [3.63, 3.8) is 0 Å². The number of rotatable bonds is 6. The van der Waals surface area contributed by atoms with Gasteiger partial charge < -0.3 is 9.36 Å². The van der Waals surface area contributed by atoms with E-state index in [-0.39, 0.29) is 31.9 Å². The van der Waals surface area contributed by atoms with Crippen LogP contribution in [-0.2, 0) is 37.3 Å². The minimum absolute atomic E-state index is 0. The van der Waals surface area contributed by atoms with Crippen LogP contribution < -0.4 is 0 Å². The van der Waals surface area contributed by atoms with Gasteiger partial charge in [-0.1, -0.05) is 127 Å². The average molecular weight is 788 g/mol. The van der Waals surface area contributed by atoms with Gasteiger partial charge in [-0.25, -0.2) is 0 Å². The van der Waals surface area contributed by atoms with Crippen LogP contribution in [0.25, 0.3) is 33.9 Å². The van der Waals surface area contributed by atoms with Gasteiger partial charge >= 0.3 is 21.1 Å². The topological polar surface area (TPSA) is 61.4 Å². The third-order valence-corrected chi connectivity index (χ3v) is 8.20. The predicted molar refractivity (Wildman–Crippen MR) is 181 cm³/mol. The molecule has 0 radical (unpaired) electrons. The summed E-state index contributed by atoms with van der Waals surface area (Å²) in [4.78, 5) is 10.6. The largest absolute Gasteiger partial charge is 2.00 e. The van der Waals surface area contributed by atoms with Crippen molar-refractivity contribution in [2.45, 2.75) is 71.6 Å². The Labute approximate surface area is 287 Å². The first-order valence-corrected chi connectivity index (χ1v) is 15.4. The number of hydrogen-bond acceptors (Lipinski definition) is 4. The molecule has 6 nitrogen and oxygen atoms in total. The molecule has 6 rings (SSSR count). The van der Waals surface area contributed by atoms with Crippen molar-refractivity contribution >= 4 is 0 Å². The molecule has 0 unspecified atom stereocenters. The zero-order valence-electron chi connectivity index (χ0n) is 27.7. The fourth-order valence-corrected chi connectivity index (χ4v) is 5.26. The maximum Gasteiger partial charge on any atom is 2.00 e. The van der Waals surface area contributed by atoms with Gasteiger partial charge in [0.1, 0.15) is 0 Å². The molecule has 46 heavy (non-hydrogen) atoms. The van der Waals surface area contributed by atoms with Crippen molar-refractivity contribution in [1.29, 1.82) is 0 Å². The van der Waals surface area contributed by atoms with E-state index in [4.69, 9.17) is 20.2 Å². The van der Waals surface area contributed by atoms with Crippen LogP contribution >= 0.6 is 0 Å². The third-order valence-electron chi connectivity index (χ3n) is 8.20. The molecule has 0 atom stereocenters. The summed E-state index contributed by atoms with van der Waals surface area (Å²) >= 11 is 0. The summed E-state index contributed by atoms with van der Waals surface area (Å²) in [6.07, 6.45) is 6.68. The van der Waals surface area contributed by atoms with Crippen LogP contribution in [0.1, 0.15) is 78.2 Å². The molecule has 4 heterocycles. The molecule has 0 N–H and O–H groups in total. The van der Waals surface area contributed by atoms with E-state index in [1.165, 1.54) is 0 Å². The van der Waals surface area contributed by atoms with Crippen molar-refractivity contribution < 1.29 is 21.1 Å². The Kier molecular flexibility index (Phi) is 9.07. The van der Waals surface area contributed by atoms with E-state index in [0.717, 1.165) is 56.7 Å². The molecule has 6 aromatic rings. The standard InChI is InChI=1S/C39H40N6.Pt/c1-37(2,3)31-23-25-44(42-31)35-29(27-15-11-9-12-16-27)19-21-33(40-35)39(7,8)34-22-20-30(28-17-13-10-14-18-28)36(41-34)45-26-24-32(43-45)38(4,5)6;/h9-24H,1-8H3;/q-2;+2. The number of nitrogens with zero attached hydrogens (tertiary/aromatic N) is 6. The zero-order valence-corrected chi connectivity index (χ0v) is 30.0. The molecular weight excluding hydrogens is 748 g/mol. The normalized spacial score (nSPS) is 12.2. The fourth-order valence-electron chi connectivity index (χ4n) is 5.26. The summed E-state index contributed by atoms with van der Waals surface area (Å²) in [5.74, 6) is 1.47. The van der Waals surface area contributed by atoms with E-state index in [9.17, 15) is 0 Å². The van der Waals surface area contributed by atoms with Gasteiger partial charge in [-0.05, 0) is 70.5 Å². The quantitative estimate of drug-likeness (QED) is 0.159. The molecule has 0 aliphatic carbocycles. The van der Waals surface area contributed by atoms with E-state index in [2.05, 4.69) is 116 Å². The van der Waals surface area contributed by atoms with Crippen molar-refractivity contribution in [2.24, 2.45) is 0 Å². The van der Waals surface area contributed by atoms with Crippen molar-refractivity contribution in [1.82, 2.24) is 29.5 Å². The second-order valence-electron chi connectivity index (χ2n) is 14.1. The first kappa shape index (κ1) is 33.2. The number of hydrogen-bond donors (Lipinski definition) is 0. The van der Waals surface area contributed by atoms with Gasteiger partial charge in [-0.2, -0.15) is 0 Å². The number of aromatic nitrogens is 6. The minimum atomic E-state index is -0.548. The molecule has 4 aromatic heterocycles. The zero-order chi connectivity index (χ0) is 32.0. The minimum Gasteiger partial charge on any atom is -0.343 e. The molecule has 0 spiro atoms. The second-order valence-corrected chi connectivity index (χ2v) is 14.1. The summed E-state index contributed by atoms with van der Waals surface area (Å²) in [6.45, 7) is 17.3. The molecule has 0 amide bonds. The van der Waals surface area contributed by atoms with Crippen LogP contribution in [0.5, 0.6) is 0 Å². The molecule has 2 aromatic carbocycles. The van der Waals surface area contributed by atoms with Crippen LogP contribution in [0.2, 0.25) is 0 Å². The smallest absolute Gasteiger partial charge is 0.343 e. The van der Waals surface area contributed by atoms with Crippen LogP contribution in [0.15, 0.2) is 97.1 Å². The summed E-state index contributed by atoms with van der Waals surface area (Å²) in [5.41, 5.74) is 7.03. The van der Waals surface area contributed by atoms with Gasteiger partial charge in [0.2, 0.25) is 0 Å². The predicted octanol–water partition coefficient (Wildman–Crippen LogP) is 8.70. The van der Waals surface area contributed by atoms with Crippen molar-refractivity contribution in [3.05, 3.63) is 132 Å². The molecular formula is C39H40N6Pt. The molecule has 236 valence electrons. The van der Waals surface area contributed by atoms with E-state index in [1.807, 2.05) is 48.5 Å². The van der Waals surface area contributed by atoms with Crippen LogP contribution in [0.3, 0.4) is 0 Å². The Morgan fingerprint density at radius 2 is 0.848 bits per heavy atom. The Hall–Kier alpha value is -4.15. The SMILES string of the molecule is CC(C)(C)c1c[c-]n(-c2nc(C(C)(C)c3ccc(-c4ccccc4)c(-n4[c-]cc(C(C)(C)C)n4)n3)ccc2-c2ccccc2)n1.[Pt+2]. The molecule has 0 saturated carbocycles.